The fourth-order valence-corrected chi connectivity index (χ4v) is 2.21. The van der Waals surface area contributed by atoms with E-state index in [0.29, 0.717) is 10.7 Å². The summed E-state index contributed by atoms with van der Waals surface area (Å²) in [5.41, 5.74) is 7.60. The summed E-state index contributed by atoms with van der Waals surface area (Å²) < 4.78 is 9.87. The summed E-state index contributed by atoms with van der Waals surface area (Å²) >= 11 is 7.23. The number of hydrogen-bond donors (Lipinski definition) is 1. The van der Waals surface area contributed by atoms with E-state index in [2.05, 4.69) is 13.8 Å². The zero-order chi connectivity index (χ0) is 11.7. The molecule has 5 nitrogen and oxygen atoms in total. The van der Waals surface area contributed by atoms with E-state index >= 15 is 0 Å². The van der Waals surface area contributed by atoms with E-state index in [1.807, 2.05) is 18.5 Å². The highest BCUT2D eigenvalue weighted by Crippen LogP contribution is 2.27. The first-order chi connectivity index (χ1) is 7.61. The predicted octanol–water partition coefficient (Wildman–Crippen LogP) is 2.02. The van der Waals surface area contributed by atoms with Crippen molar-refractivity contribution in [1.82, 2.24) is 18.5 Å². The Kier molecular flexibility index (Phi) is 3.22. The first-order valence-corrected chi connectivity index (χ1v) is 5.98. The van der Waals surface area contributed by atoms with Gasteiger partial charge in [0.15, 0.2) is 0 Å². The van der Waals surface area contributed by atoms with Crippen LogP contribution in [0.2, 0.25) is 5.02 Å². The molecule has 0 aliphatic heterocycles. The highest BCUT2D eigenvalue weighted by Gasteiger charge is 2.21. The monoisotopic (exact) mass is 257 g/mol. The maximum atomic E-state index is 6.10. The van der Waals surface area contributed by atoms with Crippen LogP contribution < -0.4 is 5.73 Å². The van der Waals surface area contributed by atoms with Gasteiger partial charge < -0.3 is 5.73 Å². The van der Waals surface area contributed by atoms with Crippen LogP contribution in [0.25, 0.3) is 0 Å². The Balaban J connectivity index is 2.43. The summed E-state index contributed by atoms with van der Waals surface area (Å²) in [4.78, 5) is 0. The Hall–Kier alpha value is -0.980. The maximum Gasteiger partial charge on any atom is 0.0971 e. The third-order valence-corrected chi connectivity index (χ3v) is 3.05. The Morgan fingerprint density at radius 1 is 1.44 bits per heavy atom. The van der Waals surface area contributed by atoms with E-state index in [1.165, 1.54) is 0 Å². The lowest BCUT2D eigenvalue weighted by Gasteiger charge is -2.15. The van der Waals surface area contributed by atoms with Crippen molar-refractivity contribution in [2.45, 2.75) is 25.9 Å². The average molecular weight is 258 g/mol. The van der Waals surface area contributed by atoms with Crippen LogP contribution in [-0.2, 0) is 0 Å². The molecule has 2 aromatic heterocycles. The predicted molar refractivity (Wildman–Crippen MR) is 63.6 cm³/mol. The summed E-state index contributed by atoms with van der Waals surface area (Å²) in [6, 6.07) is -0.170. The molecule has 2 heterocycles. The lowest BCUT2D eigenvalue weighted by atomic mass is 10.1. The van der Waals surface area contributed by atoms with Gasteiger partial charge >= 0.3 is 0 Å². The molecule has 16 heavy (non-hydrogen) atoms. The van der Waals surface area contributed by atoms with E-state index in [0.717, 1.165) is 17.4 Å². The van der Waals surface area contributed by atoms with Crippen molar-refractivity contribution in [3.63, 3.8) is 0 Å². The first-order valence-electron chi connectivity index (χ1n) is 4.87. The van der Waals surface area contributed by atoms with Crippen LogP contribution in [0.15, 0.2) is 12.4 Å². The molecule has 0 bridgehead atoms. The van der Waals surface area contributed by atoms with Gasteiger partial charge in [0.2, 0.25) is 0 Å². The largest absolute Gasteiger partial charge is 0.318 e. The molecule has 7 heteroatoms. The van der Waals surface area contributed by atoms with Crippen molar-refractivity contribution in [1.29, 1.82) is 0 Å². The molecular formula is C9H12ClN5S. The lowest BCUT2D eigenvalue weighted by molar-refractivity contribution is 0.498. The van der Waals surface area contributed by atoms with Crippen LogP contribution in [-0.4, -0.2) is 18.5 Å². The molecule has 1 unspecified atom stereocenters. The molecule has 0 aromatic carbocycles. The van der Waals surface area contributed by atoms with Crippen molar-refractivity contribution >= 4 is 23.3 Å². The van der Waals surface area contributed by atoms with Gasteiger partial charge in [-0.3, -0.25) is 4.68 Å². The maximum absolute atomic E-state index is 6.10. The van der Waals surface area contributed by atoms with Crippen LogP contribution >= 0.6 is 23.3 Å². The van der Waals surface area contributed by atoms with Gasteiger partial charge in [-0.2, -0.15) is 13.8 Å². The van der Waals surface area contributed by atoms with Gasteiger partial charge in [0, 0.05) is 6.04 Å². The second kappa shape index (κ2) is 4.48. The molecular weight excluding hydrogens is 246 g/mol. The van der Waals surface area contributed by atoms with Crippen LogP contribution in [0, 0.1) is 0 Å². The molecule has 0 saturated carbocycles. The van der Waals surface area contributed by atoms with Gasteiger partial charge in [0.1, 0.15) is 0 Å². The number of rotatable bonds is 3. The fourth-order valence-electron chi connectivity index (χ4n) is 1.50. The number of aromatic nitrogens is 4. The van der Waals surface area contributed by atoms with Crippen LogP contribution in [0.5, 0.6) is 0 Å². The molecule has 0 radical (unpaired) electrons. The molecule has 2 N–H and O–H groups in total. The smallest absolute Gasteiger partial charge is 0.0971 e. The number of nitrogens with zero attached hydrogens (tertiary/aromatic N) is 4. The quantitative estimate of drug-likeness (QED) is 0.913. The molecule has 86 valence electrons. The Labute approximate surface area is 103 Å². The third kappa shape index (κ3) is 1.95. The van der Waals surface area contributed by atoms with Gasteiger partial charge in [-0.1, -0.05) is 11.6 Å². The molecule has 1 atom stereocenters. The molecule has 0 amide bonds. The Morgan fingerprint density at radius 3 is 2.75 bits per heavy atom. The van der Waals surface area contributed by atoms with Crippen LogP contribution in [0.4, 0.5) is 0 Å². The van der Waals surface area contributed by atoms with Crippen LogP contribution in [0.3, 0.4) is 0 Å². The highest BCUT2D eigenvalue weighted by atomic mass is 35.5. The Bertz CT molecular complexity index is 464. The summed E-state index contributed by atoms with van der Waals surface area (Å²) in [6.45, 7) is 4.05. The first kappa shape index (κ1) is 11.5. The molecule has 0 spiro atoms. The van der Waals surface area contributed by atoms with E-state index in [-0.39, 0.29) is 12.1 Å². The summed E-state index contributed by atoms with van der Waals surface area (Å²) in [6.07, 6.45) is 3.26. The van der Waals surface area contributed by atoms with Gasteiger partial charge in [0.25, 0.3) is 0 Å². The molecule has 0 fully saturated rings. The van der Waals surface area contributed by atoms with E-state index in [1.54, 1.807) is 12.4 Å². The standard InChI is InChI=1S/C9H12ClN5S/c1-5(2)15-9(6(10)3-12-15)8(11)7-4-13-16-14-7/h3-5,8H,11H2,1-2H3. The second-order valence-electron chi connectivity index (χ2n) is 3.73. The summed E-state index contributed by atoms with van der Waals surface area (Å²) in [5, 5.41) is 4.77. The minimum absolute atomic E-state index is 0.208. The number of hydrogen-bond acceptors (Lipinski definition) is 5. The van der Waals surface area contributed by atoms with Crippen molar-refractivity contribution in [2.24, 2.45) is 5.73 Å². The number of nitrogens with two attached hydrogens (primary N) is 1. The highest BCUT2D eigenvalue weighted by molar-refractivity contribution is 6.99. The minimum Gasteiger partial charge on any atom is -0.318 e. The van der Waals surface area contributed by atoms with Crippen molar-refractivity contribution in [2.75, 3.05) is 0 Å². The topological polar surface area (TPSA) is 69.6 Å². The van der Waals surface area contributed by atoms with Crippen LogP contribution in [0.1, 0.15) is 37.3 Å². The van der Waals surface area contributed by atoms with Gasteiger partial charge in [-0.15, -0.1) is 0 Å². The molecule has 0 aliphatic carbocycles. The van der Waals surface area contributed by atoms with Crippen molar-refractivity contribution in [3.05, 3.63) is 28.8 Å². The van der Waals surface area contributed by atoms with Gasteiger partial charge in [-0.25, -0.2) is 0 Å². The SMILES string of the molecule is CC(C)n1ncc(Cl)c1C(N)c1cnsn1. The van der Waals surface area contributed by atoms with E-state index in [4.69, 9.17) is 17.3 Å². The van der Waals surface area contributed by atoms with Gasteiger partial charge in [0.05, 0.1) is 46.6 Å². The van der Waals surface area contributed by atoms with Gasteiger partial charge in [-0.05, 0) is 13.8 Å². The molecule has 0 saturated heterocycles. The second-order valence-corrected chi connectivity index (χ2v) is 4.69. The zero-order valence-electron chi connectivity index (χ0n) is 8.96. The van der Waals surface area contributed by atoms with E-state index in [9.17, 15) is 0 Å². The fraction of sp³-hybridized carbons (Fsp3) is 0.444. The molecule has 2 aromatic rings. The third-order valence-electron chi connectivity index (χ3n) is 2.27. The average Bonchev–Trinajstić information content (AvgIpc) is 2.84. The normalized spacial score (nSPS) is 13.3. The Morgan fingerprint density at radius 2 is 2.19 bits per heavy atom. The minimum atomic E-state index is -0.379. The molecule has 0 aliphatic rings. The zero-order valence-corrected chi connectivity index (χ0v) is 10.5. The summed E-state index contributed by atoms with van der Waals surface area (Å²) in [5.74, 6) is 0. The molecule has 2 rings (SSSR count). The number of halogens is 1. The van der Waals surface area contributed by atoms with E-state index < -0.39 is 0 Å². The van der Waals surface area contributed by atoms with Crippen molar-refractivity contribution < 1.29 is 0 Å². The summed E-state index contributed by atoms with van der Waals surface area (Å²) in [7, 11) is 0. The van der Waals surface area contributed by atoms with Crippen molar-refractivity contribution in [3.8, 4) is 0 Å². The lowest BCUT2D eigenvalue weighted by Crippen LogP contribution is -2.19.